The Balaban J connectivity index is 1.89. The molecule has 2 rings (SSSR count). The molecule has 1 aliphatic rings. The number of carboxylic acid groups (broad SMARTS) is 1. The number of hydrogen-bond donors (Lipinski definition) is 2. The number of nitrogens with one attached hydrogen (secondary N) is 1. The monoisotopic (exact) mass is 237 g/mol. The van der Waals surface area contributed by atoms with E-state index in [4.69, 9.17) is 5.11 Å². The summed E-state index contributed by atoms with van der Waals surface area (Å²) in [6.45, 7) is -0.356. The van der Waals surface area contributed by atoms with Gasteiger partial charge in [-0.15, -0.1) is 0 Å². The van der Waals surface area contributed by atoms with Crippen molar-refractivity contribution in [3.05, 3.63) is 35.6 Å². The van der Waals surface area contributed by atoms with Crippen molar-refractivity contribution >= 4 is 11.9 Å². The molecule has 1 aromatic rings. The maximum Gasteiger partial charge on any atom is 0.322 e. The number of carbonyl (C=O) groups is 2. The molecule has 4 nitrogen and oxygen atoms in total. The lowest BCUT2D eigenvalue weighted by atomic mass is 10.1. The van der Waals surface area contributed by atoms with Gasteiger partial charge in [-0.3, -0.25) is 9.59 Å². The molecular formula is C12H12FNO3. The van der Waals surface area contributed by atoms with Crippen LogP contribution in [-0.2, 0) is 9.59 Å². The van der Waals surface area contributed by atoms with Crippen molar-refractivity contribution in [1.29, 1.82) is 0 Å². The van der Waals surface area contributed by atoms with Crippen molar-refractivity contribution in [3.63, 3.8) is 0 Å². The molecule has 0 heterocycles. The lowest BCUT2D eigenvalue weighted by Crippen LogP contribution is -2.30. The SMILES string of the molecule is O=C(O)CNC(=O)C1CC1c1ccc(F)cc1. The van der Waals surface area contributed by atoms with E-state index < -0.39 is 5.97 Å². The summed E-state index contributed by atoms with van der Waals surface area (Å²) >= 11 is 0. The van der Waals surface area contributed by atoms with E-state index in [1.54, 1.807) is 12.1 Å². The zero-order valence-electron chi connectivity index (χ0n) is 9.02. The Morgan fingerprint density at radius 2 is 2.00 bits per heavy atom. The number of aliphatic carboxylic acids is 1. The van der Waals surface area contributed by atoms with Crippen LogP contribution < -0.4 is 5.32 Å². The predicted octanol–water partition coefficient (Wildman–Crippen LogP) is 1.13. The highest BCUT2D eigenvalue weighted by Crippen LogP contribution is 2.47. The van der Waals surface area contributed by atoms with Gasteiger partial charge in [0.15, 0.2) is 0 Å². The summed E-state index contributed by atoms with van der Waals surface area (Å²) in [6.07, 6.45) is 0.692. The largest absolute Gasteiger partial charge is 0.480 e. The van der Waals surface area contributed by atoms with Crippen molar-refractivity contribution in [1.82, 2.24) is 5.32 Å². The van der Waals surface area contributed by atoms with E-state index in [0.29, 0.717) is 6.42 Å². The van der Waals surface area contributed by atoms with Crippen molar-refractivity contribution in [2.45, 2.75) is 12.3 Å². The van der Waals surface area contributed by atoms with Crippen molar-refractivity contribution < 1.29 is 19.1 Å². The minimum absolute atomic E-state index is 0.0874. The third kappa shape index (κ3) is 2.81. The van der Waals surface area contributed by atoms with Gasteiger partial charge in [0, 0.05) is 5.92 Å². The normalized spacial score (nSPS) is 21.9. The Morgan fingerprint density at radius 3 is 2.59 bits per heavy atom. The van der Waals surface area contributed by atoms with Crippen LogP contribution in [0.25, 0.3) is 0 Å². The average Bonchev–Trinajstić information content (AvgIpc) is 3.07. The third-order valence-electron chi connectivity index (χ3n) is 2.84. The van der Waals surface area contributed by atoms with Crippen LogP contribution >= 0.6 is 0 Å². The fourth-order valence-electron chi connectivity index (χ4n) is 1.86. The molecule has 0 saturated heterocycles. The maximum atomic E-state index is 12.7. The molecule has 1 fully saturated rings. The number of amides is 1. The van der Waals surface area contributed by atoms with Gasteiger partial charge >= 0.3 is 5.97 Å². The molecule has 0 aromatic heterocycles. The minimum atomic E-state index is -1.06. The molecule has 0 bridgehead atoms. The highest BCUT2D eigenvalue weighted by molar-refractivity contribution is 5.85. The first-order valence-electron chi connectivity index (χ1n) is 5.33. The number of halogens is 1. The second-order valence-corrected chi connectivity index (χ2v) is 4.11. The van der Waals surface area contributed by atoms with E-state index in [2.05, 4.69) is 5.32 Å². The summed E-state index contributed by atoms with van der Waals surface area (Å²) < 4.78 is 12.7. The highest BCUT2D eigenvalue weighted by Gasteiger charge is 2.43. The molecule has 2 unspecified atom stereocenters. The van der Waals surface area contributed by atoms with Gasteiger partial charge in [0.2, 0.25) is 5.91 Å². The smallest absolute Gasteiger partial charge is 0.322 e. The molecule has 5 heteroatoms. The van der Waals surface area contributed by atoms with Gasteiger partial charge in [0.25, 0.3) is 0 Å². The fourth-order valence-corrected chi connectivity index (χ4v) is 1.86. The molecule has 1 aliphatic carbocycles. The summed E-state index contributed by atoms with van der Waals surface area (Å²) in [6, 6.07) is 6.04. The standard InChI is InChI=1S/C12H12FNO3/c13-8-3-1-7(2-4-8)9-5-10(9)12(17)14-6-11(15)16/h1-4,9-10H,5-6H2,(H,14,17)(H,15,16). The van der Waals surface area contributed by atoms with Crippen LogP contribution in [0.5, 0.6) is 0 Å². The Morgan fingerprint density at radius 1 is 1.35 bits per heavy atom. The molecule has 0 aliphatic heterocycles. The van der Waals surface area contributed by atoms with Crippen LogP contribution in [0, 0.1) is 11.7 Å². The Kier molecular flexibility index (Phi) is 3.08. The summed E-state index contributed by atoms with van der Waals surface area (Å²) in [5.41, 5.74) is 0.918. The Labute approximate surface area is 97.4 Å². The molecule has 0 radical (unpaired) electrons. The zero-order valence-corrected chi connectivity index (χ0v) is 9.02. The number of carbonyl (C=O) groups excluding carboxylic acids is 1. The molecule has 17 heavy (non-hydrogen) atoms. The molecule has 2 atom stereocenters. The van der Waals surface area contributed by atoms with E-state index in [1.807, 2.05) is 0 Å². The zero-order chi connectivity index (χ0) is 12.4. The van der Waals surface area contributed by atoms with E-state index in [1.165, 1.54) is 12.1 Å². The average molecular weight is 237 g/mol. The quantitative estimate of drug-likeness (QED) is 0.825. The van der Waals surface area contributed by atoms with E-state index in [9.17, 15) is 14.0 Å². The van der Waals surface area contributed by atoms with E-state index in [0.717, 1.165) is 5.56 Å². The van der Waals surface area contributed by atoms with E-state index >= 15 is 0 Å². The van der Waals surface area contributed by atoms with Gasteiger partial charge in [-0.1, -0.05) is 12.1 Å². The highest BCUT2D eigenvalue weighted by atomic mass is 19.1. The maximum absolute atomic E-state index is 12.7. The lowest BCUT2D eigenvalue weighted by molar-refractivity contribution is -0.138. The lowest BCUT2D eigenvalue weighted by Gasteiger charge is -2.02. The molecule has 90 valence electrons. The number of rotatable bonds is 4. The molecule has 2 N–H and O–H groups in total. The first-order chi connectivity index (χ1) is 8.08. The van der Waals surface area contributed by atoms with Crippen LogP contribution in [0.1, 0.15) is 17.9 Å². The summed E-state index contributed by atoms with van der Waals surface area (Å²) in [5.74, 6) is -1.70. The summed E-state index contributed by atoms with van der Waals surface area (Å²) in [4.78, 5) is 21.8. The van der Waals surface area contributed by atoms with Gasteiger partial charge in [0.05, 0.1) is 0 Å². The first-order valence-corrected chi connectivity index (χ1v) is 5.33. The fraction of sp³-hybridized carbons (Fsp3) is 0.333. The molecule has 1 amide bonds. The Bertz CT molecular complexity index is 444. The van der Waals surface area contributed by atoms with Crippen LogP contribution in [0.2, 0.25) is 0 Å². The van der Waals surface area contributed by atoms with Crippen LogP contribution in [-0.4, -0.2) is 23.5 Å². The summed E-state index contributed by atoms with van der Waals surface area (Å²) in [5, 5.41) is 10.8. The van der Waals surface area contributed by atoms with Crippen LogP contribution in [0.15, 0.2) is 24.3 Å². The number of benzene rings is 1. The van der Waals surface area contributed by atoms with Gasteiger partial charge in [-0.05, 0) is 30.0 Å². The van der Waals surface area contributed by atoms with Crippen molar-refractivity contribution in [3.8, 4) is 0 Å². The molecule has 0 spiro atoms. The molecule has 1 saturated carbocycles. The number of hydrogen-bond acceptors (Lipinski definition) is 2. The topological polar surface area (TPSA) is 66.4 Å². The van der Waals surface area contributed by atoms with Gasteiger partial charge in [-0.2, -0.15) is 0 Å². The van der Waals surface area contributed by atoms with Gasteiger partial charge in [0.1, 0.15) is 12.4 Å². The van der Waals surface area contributed by atoms with Crippen molar-refractivity contribution in [2.75, 3.05) is 6.54 Å². The second-order valence-electron chi connectivity index (χ2n) is 4.11. The van der Waals surface area contributed by atoms with Crippen LogP contribution in [0.3, 0.4) is 0 Å². The van der Waals surface area contributed by atoms with Gasteiger partial charge < -0.3 is 10.4 Å². The van der Waals surface area contributed by atoms with Crippen LogP contribution in [0.4, 0.5) is 4.39 Å². The minimum Gasteiger partial charge on any atom is -0.480 e. The van der Waals surface area contributed by atoms with Crippen molar-refractivity contribution in [2.24, 2.45) is 5.92 Å². The Hall–Kier alpha value is -1.91. The second kappa shape index (κ2) is 4.53. The molecular weight excluding hydrogens is 225 g/mol. The van der Waals surface area contributed by atoms with E-state index in [-0.39, 0.29) is 30.1 Å². The molecule has 1 aromatic carbocycles. The first kappa shape index (κ1) is 11.6. The third-order valence-corrected chi connectivity index (χ3v) is 2.84. The van der Waals surface area contributed by atoms with Gasteiger partial charge in [-0.25, -0.2) is 4.39 Å². The number of carboxylic acids is 1. The summed E-state index contributed by atoms with van der Waals surface area (Å²) in [7, 11) is 0. The predicted molar refractivity (Wildman–Crippen MR) is 57.9 cm³/mol.